The summed E-state index contributed by atoms with van der Waals surface area (Å²) in [5, 5.41) is 10.3. The Morgan fingerprint density at radius 3 is 2.72 bits per heavy atom. The van der Waals surface area contributed by atoms with Gasteiger partial charge in [0.25, 0.3) is 0 Å². The van der Waals surface area contributed by atoms with Crippen LogP contribution in [0.3, 0.4) is 0 Å². The number of nitrogens with zero attached hydrogens (tertiary/aromatic N) is 2. The maximum absolute atomic E-state index is 11.6. The minimum atomic E-state index is -0.935. The molecule has 1 aromatic heterocycles. The summed E-state index contributed by atoms with van der Waals surface area (Å²) in [6.45, 7) is 1.40. The second-order valence-corrected chi connectivity index (χ2v) is 3.41. The van der Waals surface area contributed by atoms with E-state index >= 15 is 0 Å². The Bertz CT molecular complexity index is 516. The Labute approximate surface area is 129 Å². The molecule has 1 heterocycles. The summed E-state index contributed by atoms with van der Waals surface area (Å²) in [7, 11) is 0. The van der Waals surface area contributed by atoms with Gasteiger partial charge in [-0.3, -0.25) is 24.3 Å². The van der Waals surface area contributed by atoms with Crippen LogP contribution in [0.15, 0.2) is 17.1 Å². The van der Waals surface area contributed by atoms with Crippen molar-refractivity contribution in [1.82, 2.24) is 4.57 Å². The van der Waals surface area contributed by atoms with Gasteiger partial charge in [-0.25, -0.2) is 0 Å². The molecule has 0 unspecified atom stereocenters. The van der Waals surface area contributed by atoms with E-state index < -0.39 is 22.1 Å². The molecule has 0 aliphatic carbocycles. The zero-order valence-electron chi connectivity index (χ0n) is 8.88. The second-order valence-electron chi connectivity index (χ2n) is 3.01. The molecule has 0 spiro atoms. The molecule has 94 valence electrons. The Hall–Kier alpha value is -0.890. The van der Waals surface area contributed by atoms with E-state index in [0.717, 1.165) is 4.57 Å². The van der Waals surface area contributed by atoms with Crippen molar-refractivity contribution in [2.45, 2.75) is 13.5 Å². The molecular weight excluding hydrogens is 275 g/mol. The van der Waals surface area contributed by atoms with E-state index in [0.29, 0.717) is 0 Å². The van der Waals surface area contributed by atoms with E-state index in [-0.39, 0.29) is 47.7 Å². The molecule has 18 heavy (non-hydrogen) atoms. The minimum absolute atomic E-state index is 0. The van der Waals surface area contributed by atoms with E-state index in [1.54, 1.807) is 6.92 Å². The first kappa shape index (κ1) is 17.1. The number of rotatable bonds is 4. The molecule has 0 saturated heterocycles. The Morgan fingerprint density at radius 2 is 2.22 bits per heavy atom. The molecule has 0 atom stereocenters. The van der Waals surface area contributed by atoms with Crippen LogP contribution >= 0.6 is 11.6 Å². The predicted molar refractivity (Wildman–Crippen MR) is 66.1 cm³/mol. The number of nitro groups is 1. The third kappa shape index (κ3) is 4.09. The summed E-state index contributed by atoms with van der Waals surface area (Å²) in [6.07, 6.45) is 1.20. The van der Waals surface area contributed by atoms with Gasteiger partial charge in [-0.15, -0.1) is 0 Å². The van der Waals surface area contributed by atoms with Crippen LogP contribution in [0.2, 0.25) is 5.02 Å². The van der Waals surface area contributed by atoms with Gasteiger partial charge in [0, 0.05) is 6.20 Å². The molecular formula is C9H10ClN2NaO5. The molecule has 9 heteroatoms. The molecule has 7 nitrogen and oxygen atoms in total. The molecule has 0 saturated carbocycles. The number of carbonyl (C=O) groups is 1. The molecule has 0 bridgehead atoms. The van der Waals surface area contributed by atoms with Crippen molar-refractivity contribution >= 4 is 52.8 Å². The zero-order valence-corrected chi connectivity index (χ0v) is 9.64. The van der Waals surface area contributed by atoms with Crippen molar-refractivity contribution in [2.75, 3.05) is 6.61 Å². The van der Waals surface area contributed by atoms with Gasteiger partial charge < -0.3 is 4.74 Å². The standard InChI is InChI=1S/C9H9ClN2O5.Na.H/c1-2-17-7(13)5-11-4-3-6(10)8(9(11)14)12(15)16;;/h3-4H,2,5H2,1H3;;. The van der Waals surface area contributed by atoms with Crippen molar-refractivity contribution < 1.29 is 14.5 Å². The zero-order chi connectivity index (χ0) is 13.0. The van der Waals surface area contributed by atoms with Gasteiger partial charge in [0.05, 0.1) is 11.5 Å². The number of hydrogen-bond donors (Lipinski definition) is 0. The third-order valence-corrected chi connectivity index (χ3v) is 2.18. The Morgan fingerprint density at radius 1 is 1.61 bits per heavy atom. The number of carbonyl (C=O) groups excluding carboxylic acids is 1. The van der Waals surface area contributed by atoms with Gasteiger partial charge in [-0.2, -0.15) is 0 Å². The average Bonchev–Trinajstić information content (AvgIpc) is 2.22. The molecule has 0 aliphatic heterocycles. The first-order valence-electron chi connectivity index (χ1n) is 4.66. The number of esters is 1. The van der Waals surface area contributed by atoms with Gasteiger partial charge in [-0.05, 0) is 13.0 Å². The fraction of sp³-hybridized carbons (Fsp3) is 0.333. The Balaban J connectivity index is 0.00000289. The van der Waals surface area contributed by atoms with E-state index in [1.807, 2.05) is 0 Å². The first-order chi connectivity index (χ1) is 7.97. The number of aromatic nitrogens is 1. The van der Waals surface area contributed by atoms with Crippen molar-refractivity contribution in [3.8, 4) is 0 Å². The topological polar surface area (TPSA) is 91.4 Å². The van der Waals surface area contributed by atoms with Gasteiger partial charge in [0.15, 0.2) is 0 Å². The monoisotopic (exact) mass is 284 g/mol. The summed E-state index contributed by atoms with van der Waals surface area (Å²) >= 11 is 5.52. The summed E-state index contributed by atoms with van der Waals surface area (Å²) in [4.78, 5) is 32.5. The van der Waals surface area contributed by atoms with Crippen molar-refractivity contribution in [1.29, 1.82) is 0 Å². The van der Waals surface area contributed by atoms with E-state index in [4.69, 9.17) is 11.6 Å². The van der Waals surface area contributed by atoms with Crippen LogP contribution in [0.25, 0.3) is 0 Å². The van der Waals surface area contributed by atoms with E-state index in [2.05, 4.69) is 4.74 Å². The van der Waals surface area contributed by atoms with Crippen LogP contribution in [0.4, 0.5) is 5.69 Å². The number of ether oxygens (including phenoxy) is 1. The van der Waals surface area contributed by atoms with Crippen LogP contribution in [-0.2, 0) is 16.1 Å². The molecule has 0 aliphatic rings. The predicted octanol–water partition coefficient (Wildman–Crippen LogP) is 0.324. The van der Waals surface area contributed by atoms with Gasteiger partial charge in [0.1, 0.15) is 11.6 Å². The molecule has 0 aromatic carbocycles. The van der Waals surface area contributed by atoms with Gasteiger partial charge >= 0.3 is 46.8 Å². The van der Waals surface area contributed by atoms with Crippen molar-refractivity contribution in [3.05, 3.63) is 37.8 Å². The fourth-order valence-electron chi connectivity index (χ4n) is 1.18. The number of hydrogen-bond acceptors (Lipinski definition) is 5. The normalized spacial score (nSPS) is 9.44. The van der Waals surface area contributed by atoms with Crippen LogP contribution in [0.1, 0.15) is 6.92 Å². The Kier molecular flexibility index (Phi) is 7.15. The summed E-state index contributed by atoms with van der Waals surface area (Å²) in [6, 6.07) is 1.18. The number of pyridine rings is 1. The fourth-order valence-corrected chi connectivity index (χ4v) is 1.38. The molecule has 0 N–H and O–H groups in total. The molecule has 1 rings (SSSR count). The molecule has 0 amide bonds. The van der Waals surface area contributed by atoms with E-state index in [9.17, 15) is 19.7 Å². The average molecular weight is 285 g/mol. The van der Waals surface area contributed by atoms with Crippen molar-refractivity contribution in [3.63, 3.8) is 0 Å². The molecule has 1 aromatic rings. The second kappa shape index (κ2) is 7.52. The maximum atomic E-state index is 11.6. The summed E-state index contributed by atoms with van der Waals surface area (Å²) in [5.41, 5.74) is -1.69. The summed E-state index contributed by atoms with van der Waals surface area (Å²) < 4.78 is 5.51. The van der Waals surface area contributed by atoms with Gasteiger partial charge in [0.2, 0.25) is 0 Å². The van der Waals surface area contributed by atoms with E-state index in [1.165, 1.54) is 12.3 Å². The quantitative estimate of drug-likeness (QED) is 0.344. The third-order valence-electron chi connectivity index (χ3n) is 1.88. The van der Waals surface area contributed by atoms with Gasteiger partial charge in [-0.1, -0.05) is 11.6 Å². The van der Waals surface area contributed by atoms with Crippen LogP contribution in [0.5, 0.6) is 0 Å². The number of halogens is 1. The molecule has 0 radical (unpaired) electrons. The van der Waals surface area contributed by atoms with Crippen LogP contribution < -0.4 is 5.56 Å². The van der Waals surface area contributed by atoms with Crippen LogP contribution in [0, 0.1) is 10.1 Å². The van der Waals surface area contributed by atoms with Crippen LogP contribution in [-0.4, -0.2) is 51.6 Å². The molecule has 0 fully saturated rings. The first-order valence-corrected chi connectivity index (χ1v) is 5.04. The SMILES string of the molecule is CCOC(=O)Cn1ccc(Cl)c([N+](=O)[O-])c1=O.[NaH]. The van der Waals surface area contributed by atoms with Crippen molar-refractivity contribution in [2.24, 2.45) is 0 Å². The summed E-state index contributed by atoms with van der Waals surface area (Å²) in [5.74, 6) is -0.647.